The van der Waals surface area contributed by atoms with Gasteiger partial charge in [0.15, 0.2) is 0 Å². The number of hydrogen-bond donors (Lipinski definition) is 1. The standard InChI is InChI=1S/C13H23N3OS/c1-11(2)7-14-8-13-15-12(10-18-13)9-16-3-5-17-6-4-16/h10-11,14H,3-9H2,1-2H3. The molecule has 1 N–H and O–H groups in total. The van der Waals surface area contributed by atoms with E-state index in [-0.39, 0.29) is 0 Å². The molecule has 1 aromatic rings. The summed E-state index contributed by atoms with van der Waals surface area (Å²) in [5, 5.41) is 6.81. The molecule has 0 saturated carbocycles. The van der Waals surface area contributed by atoms with Crippen LogP contribution in [-0.2, 0) is 17.8 Å². The second-order valence-corrected chi connectivity index (χ2v) is 6.09. The molecule has 0 atom stereocenters. The molecular formula is C13H23N3OS. The van der Waals surface area contributed by atoms with E-state index in [9.17, 15) is 0 Å². The maximum atomic E-state index is 5.35. The average molecular weight is 269 g/mol. The number of thiazole rings is 1. The van der Waals surface area contributed by atoms with Crippen molar-refractivity contribution in [3.05, 3.63) is 16.1 Å². The van der Waals surface area contributed by atoms with Crippen molar-refractivity contribution < 1.29 is 4.74 Å². The first-order valence-electron chi connectivity index (χ1n) is 6.68. The van der Waals surface area contributed by atoms with E-state index >= 15 is 0 Å². The van der Waals surface area contributed by atoms with Crippen molar-refractivity contribution in [1.29, 1.82) is 0 Å². The number of morpholine rings is 1. The second-order valence-electron chi connectivity index (χ2n) is 5.15. The third kappa shape index (κ3) is 4.65. The van der Waals surface area contributed by atoms with E-state index in [1.165, 1.54) is 10.7 Å². The fraction of sp³-hybridized carbons (Fsp3) is 0.769. The molecule has 0 spiro atoms. The molecule has 2 heterocycles. The van der Waals surface area contributed by atoms with Gasteiger partial charge < -0.3 is 10.1 Å². The van der Waals surface area contributed by atoms with Gasteiger partial charge >= 0.3 is 0 Å². The topological polar surface area (TPSA) is 37.4 Å². The molecule has 1 aromatic heterocycles. The van der Waals surface area contributed by atoms with Gasteiger partial charge in [-0.25, -0.2) is 4.98 Å². The quantitative estimate of drug-likeness (QED) is 0.853. The maximum absolute atomic E-state index is 5.35. The van der Waals surface area contributed by atoms with Crippen LogP contribution >= 0.6 is 11.3 Å². The van der Waals surface area contributed by atoms with Crippen molar-refractivity contribution in [2.45, 2.75) is 26.9 Å². The summed E-state index contributed by atoms with van der Waals surface area (Å²) in [6, 6.07) is 0. The molecule has 0 aromatic carbocycles. The van der Waals surface area contributed by atoms with Gasteiger partial charge in [0, 0.05) is 31.6 Å². The monoisotopic (exact) mass is 269 g/mol. The van der Waals surface area contributed by atoms with Gasteiger partial charge in [-0.1, -0.05) is 13.8 Å². The predicted octanol–water partition coefficient (Wildman–Crippen LogP) is 1.72. The summed E-state index contributed by atoms with van der Waals surface area (Å²) in [6.45, 7) is 11.1. The van der Waals surface area contributed by atoms with E-state index in [1.54, 1.807) is 11.3 Å². The average Bonchev–Trinajstić information content (AvgIpc) is 2.78. The Morgan fingerprint density at radius 3 is 2.94 bits per heavy atom. The lowest BCUT2D eigenvalue weighted by molar-refractivity contribution is 0.0337. The fourth-order valence-electron chi connectivity index (χ4n) is 1.96. The van der Waals surface area contributed by atoms with E-state index < -0.39 is 0 Å². The van der Waals surface area contributed by atoms with Gasteiger partial charge in [0.05, 0.1) is 18.9 Å². The summed E-state index contributed by atoms with van der Waals surface area (Å²) in [5.41, 5.74) is 1.20. The number of nitrogens with zero attached hydrogens (tertiary/aromatic N) is 2. The van der Waals surface area contributed by atoms with E-state index in [1.807, 2.05) is 0 Å². The van der Waals surface area contributed by atoms with Crippen molar-refractivity contribution in [2.75, 3.05) is 32.8 Å². The van der Waals surface area contributed by atoms with Crippen LogP contribution in [0.15, 0.2) is 5.38 Å². The lowest BCUT2D eigenvalue weighted by atomic mass is 10.2. The highest BCUT2D eigenvalue weighted by atomic mass is 32.1. The normalized spacial score (nSPS) is 17.5. The minimum absolute atomic E-state index is 0.692. The molecule has 2 rings (SSSR count). The van der Waals surface area contributed by atoms with E-state index in [2.05, 4.69) is 34.4 Å². The van der Waals surface area contributed by atoms with Gasteiger partial charge in [0.25, 0.3) is 0 Å². The highest BCUT2D eigenvalue weighted by Gasteiger charge is 2.12. The Labute approximate surface area is 113 Å². The summed E-state index contributed by atoms with van der Waals surface area (Å²) in [6.07, 6.45) is 0. The Morgan fingerprint density at radius 1 is 1.44 bits per heavy atom. The molecule has 0 radical (unpaired) electrons. The van der Waals surface area contributed by atoms with Crippen LogP contribution in [0.1, 0.15) is 24.5 Å². The van der Waals surface area contributed by atoms with Gasteiger partial charge in [0.1, 0.15) is 5.01 Å². The molecule has 0 amide bonds. The summed E-state index contributed by atoms with van der Waals surface area (Å²) < 4.78 is 5.35. The largest absolute Gasteiger partial charge is 0.379 e. The molecule has 18 heavy (non-hydrogen) atoms. The third-order valence-electron chi connectivity index (χ3n) is 2.92. The molecule has 1 aliphatic heterocycles. The van der Waals surface area contributed by atoms with Crippen molar-refractivity contribution in [1.82, 2.24) is 15.2 Å². The van der Waals surface area contributed by atoms with Crippen LogP contribution in [0.4, 0.5) is 0 Å². The Balaban J connectivity index is 1.74. The maximum Gasteiger partial charge on any atom is 0.107 e. The van der Waals surface area contributed by atoms with Gasteiger partial charge in [0.2, 0.25) is 0 Å². The Morgan fingerprint density at radius 2 is 2.22 bits per heavy atom. The van der Waals surface area contributed by atoms with Crippen molar-refractivity contribution in [3.63, 3.8) is 0 Å². The Bertz CT molecular complexity index is 348. The zero-order valence-electron chi connectivity index (χ0n) is 11.3. The summed E-state index contributed by atoms with van der Waals surface area (Å²) in [5.74, 6) is 0.692. The Hall–Kier alpha value is -0.490. The molecule has 4 nitrogen and oxygen atoms in total. The van der Waals surface area contributed by atoms with Crippen LogP contribution in [0.5, 0.6) is 0 Å². The van der Waals surface area contributed by atoms with Crippen molar-refractivity contribution in [2.24, 2.45) is 5.92 Å². The van der Waals surface area contributed by atoms with Crippen LogP contribution in [0.3, 0.4) is 0 Å². The highest BCUT2D eigenvalue weighted by Crippen LogP contribution is 2.12. The SMILES string of the molecule is CC(C)CNCc1nc(CN2CCOCC2)cs1. The lowest BCUT2D eigenvalue weighted by Crippen LogP contribution is -2.35. The number of nitrogens with one attached hydrogen (secondary N) is 1. The second kappa shape index (κ2) is 7.19. The molecule has 0 bridgehead atoms. The zero-order chi connectivity index (χ0) is 12.8. The minimum Gasteiger partial charge on any atom is -0.379 e. The first-order valence-corrected chi connectivity index (χ1v) is 7.56. The molecule has 0 unspecified atom stereocenters. The van der Waals surface area contributed by atoms with Crippen LogP contribution in [0.2, 0.25) is 0 Å². The lowest BCUT2D eigenvalue weighted by Gasteiger charge is -2.25. The van der Waals surface area contributed by atoms with Gasteiger partial charge in [-0.3, -0.25) is 4.90 Å². The van der Waals surface area contributed by atoms with Crippen LogP contribution in [0, 0.1) is 5.92 Å². The van der Waals surface area contributed by atoms with Crippen LogP contribution in [-0.4, -0.2) is 42.7 Å². The van der Waals surface area contributed by atoms with E-state index in [0.29, 0.717) is 5.92 Å². The highest BCUT2D eigenvalue weighted by molar-refractivity contribution is 7.09. The van der Waals surface area contributed by atoms with E-state index in [0.717, 1.165) is 45.9 Å². The number of rotatable bonds is 6. The third-order valence-corrected chi connectivity index (χ3v) is 3.82. The minimum atomic E-state index is 0.692. The summed E-state index contributed by atoms with van der Waals surface area (Å²) in [4.78, 5) is 7.08. The molecule has 1 aliphatic rings. The predicted molar refractivity (Wildman–Crippen MR) is 74.8 cm³/mol. The van der Waals surface area contributed by atoms with Crippen molar-refractivity contribution in [3.8, 4) is 0 Å². The van der Waals surface area contributed by atoms with E-state index in [4.69, 9.17) is 4.74 Å². The molecule has 1 fully saturated rings. The Kier molecular flexibility index (Phi) is 5.56. The molecule has 0 aliphatic carbocycles. The number of aromatic nitrogens is 1. The summed E-state index contributed by atoms with van der Waals surface area (Å²) >= 11 is 1.76. The van der Waals surface area contributed by atoms with Gasteiger partial charge in [-0.15, -0.1) is 11.3 Å². The van der Waals surface area contributed by atoms with Crippen LogP contribution < -0.4 is 5.32 Å². The molecule has 102 valence electrons. The number of ether oxygens (including phenoxy) is 1. The number of hydrogen-bond acceptors (Lipinski definition) is 5. The molecular weight excluding hydrogens is 246 g/mol. The van der Waals surface area contributed by atoms with Gasteiger partial charge in [-0.05, 0) is 12.5 Å². The van der Waals surface area contributed by atoms with Crippen LogP contribution in [0.25, 0.3) is 0 Å². The zero-order valence-corrected chi connectivity index (χ0v) is 12.1. The molecule has 1 saturated heterocycles. The first kappa shape index (κ1) is 13.9. The van der Waals surface area contributed by atoms with Crippen molar-refractivity contribution >= 4 is 11.3 Å². The molecule has 5 heteroatoms. The fourth-order valence-corrected chi connectivity index (χ4v) is 2.71. The first-order chi connectivity index (χ1) is 8.74. The smallest absolute Gasteiger partial charge is 0.107 e. The van der Waals surface area contributed by atoms with Gasteiger partial charge in [-0.2, -0.15) is 0 Å². The summed E-state index contributed by atoms with van der Waals surface area (Å²) in [7, 11) is 0.